The van der Waals surface area contributed by atoms with E-state index in [2.05, 4.69) is 78.5 Å². The Balaban J connectivity index is 2.16. The number of para-hydroxylation sites is 1. The van der Waals surface area contributed by atoms with E-state index in [4.69, 9.17) is 4.98 Å². The molecule has 110 valence electrons. The molecule has 0 aliphatic carbocycles. The highest BCUT2D eigenvalue weighted by molar-refractivity contribution is 5.93. The molecule has 0 spiro atoms. The molecule has 3 heterocycles. The Morgan fingerprint density at radius 2 is 1.73 bits per heavy atom. The SMILES string of the molecule is CCc1nc2c(cn3ccccc23)n1-c1c(C)cccc1C. The molecule has 0 radical (unpaired) electrons. The van der Waals surface area contributed by atoms with Gasteiger partial charge in [0.25, 0.3) is 0 Å². The number of hydrogen-bond donors (Lipinski definition) is 0. The molecular weight excluding hydrogens is 270 g/mol. The number of aryl methyl sites for hydroxylation is 3. The summed E-state index contributed by atoms with van der Waals surface area (Å²) in [5, 5.41) is 0. The van der Waals surface area contributed by atoms with Crippen LogP contribution in [0.2, 0.25) is 0 Å². The Bertz CT molecular complexity index is 968. The molecule has 4 rings (SSSR count). The van der Waals surface area contributed by atoms with Crippen molar-refractivity contribution >= 4 is 16.6 Å². The van der Waals surface area contributed by atoms with Crippen molar-refractivity contribution in [1.82, 2.24) is 14.0 Å². The van der Waals surface area contributed by atoms with E-state index in [-0.39, 0.29) is 0 Å². The minimum atomic E-state index is 0.918. The summed E-state index contributed by atoms with van der Waals surface area (Å²) in [7, 11) is 0. The second kappa shape index (κ2) is 4.73. The van der Waals surface area contributed by atoms with Crippen LogP contribution in [0.3, 0.4) is 0 Å². The summed E-state index contributed by atoms with van der Waals surface area (Å²) >= 11 is 0. The summed E-state index contributed by atoms with van der Waals surface area (Å²) in [6, 6.07) is 12.7. The van der Waals surface area contributed by atoms with Gasteiger partial charge in [0.1, 0.15) is 11.3 Å². The molecule has 0 bridgehead atoms. The fraction of sp³-hybridized carbons (Fsp3) is 0.211. The summed E-state index contributed by atoms with van der Waals surface area (Å²) in [6.07, 6.45) is 5.18. The van der Waals surface area contributed by atoms with Gasteiger partial charge >= 0.3 is 0 Å². The summed E-state index contributed by atoms with van der Waals surface area (Å²) in [4.78, 5) is 4.92. The van der Waals surface area contributed by atoms with Gasteiger partial charge in [-0.25, -0.2) is 4.98 Å². The van der Waals surface area contributed by atoms with Crippen molar-refractivity contribution in [2.75, 3.05) is 0 Å². The number of nitrogens with zero attached hydrogens (tertiary/aromatic N) is 3. The van der Waals surface area contributed by atoms with Crippen LogP contribution in [-0.4, -0.2) is 14.0 Å². The quantitative estimate of drug-likeness (QED) is 0.534. The number of fused-ring (bicyclic) bond motifs is 3. The van der Waals surface area contributed by atoms with Crippen LogP contribution in [0.1, 0.15) is 23.9 Å². The zero-order valence-electron chi connectivity index (χ0n) is 13.2. The van der Waals surface area contributed by atoms with Gasteiger partial charge in [0, 0.05) is 18.8 Å². The predicted molar refractivity (Wildman–Crippen MR) is 90.9 cm³/mol. The number of imidazole rings is 1. The Morgan fingerprint density at radius 1 is 0.955 bits per heavy atom. The monoisotopic (exact) mass is 289 g/mol. The standard InChI is InChI=1S/C19H19N3/c1-4-17-20-18-15-10-5-6-11-21(15)12-16(18)22(17)19-13(2)8-7-9-14(19)3/h5-12H,4H2,1-3H3. The van der Waals surface area contributed by atoms with Gasteiger partial charge in [0.2, 0.25) is 0 Å². The van der Waals surface area contributed by atoms with Crippen molar-refractivity contribution < 1.29 is 0 Å². The van der Waals surface area contributed by atoms with Crippen LogP contribution in [-0.2, 0) is 6.42 Å². The zero-order valence-corrected chi connectivity index (χ0v) is 13.2. The van der Waals surface area contributed by atoms with Gasteiger partial charge in [-0.15, -0.1) is 0 Å². The molecule has 4 aromatic rings. The zero-order chi connectivity index (χ0) is 15.3. The van der Waals surface area contributed by atoms with Crippen LogP contribution in [0.25, 0.3) is 22.2 Å². The molecule has 22 heavy (non-hydrogen) atoms. The molecule has 1 aromatic carbocycles. The Kier molecular flexibility index (Phi) is 2.83. The number of hydrogen-bond acceptors (Lipinski definition) is 1. The maximum Gasteiger partial charge on any atom is 0.115 e. The highest BCUT2D eigenvalue weighted by Crippen LogP contribution is 2.29. The number of pyridine rings is 1. The first-order valence-corrected chi connectivity index (χ1v) is 7.74. The average Bonchev–Trinajstić information content (AvgIpc) is 3.03. The van der Waals surface area contributed by atoms with Gasteiger partial charge in [0.05, 0.1) is 16.7 Å². The van der Waals surface area contributed by atoms with Crippen LogP contribution < -0.4 is 0 Å². The first-order chi connectivity index (χ1) is 10.7. The van der Waals surface area contributed by atoms with E-state index in [0.717, 1.165) is 23.3 Å². The van der Waals surface area contributed by atoms with Crippen LogP contribution >= 0.6 is 0 Å². The van der Waals surface area contributed by atoms with Gasteiger partial charge in [0.15, 0.2) is 0 Å². The first kappa shape index (κ1) is 13.1. The van der Waals surface area contributed by atoms with E-state index in [1.807, 2.05) is 0 Å². The summed E-state index contributed by atoms with van der Waals surface area (Å²) in [5.74, 6) is 1.12. The molecule has 3 heteroatoms. The number of rotatable bonds is 2. The molecule has 0 saturated carbocycles. The molecule has 0 saturated heterocycles. The predicted octanol–water partition coefficient (Wildman–Crippen LogP) is 4.46. The lowest BCUT2D eigenvalue weighted by Crippen LogP contribution is -2.04. The van der Waals surface area contributed by atoms with E-state index < -0.39 is 0 Å². The van der Waals surface area contributed by atoms with E-state index >= 15 is 0 Å². The number of aromatic nitrogens is 3. The molecule has 3 aromatic heterocycles. The fourth-order valence-corrected chi connectivity index (χ4v) is 3.33. The lowest BCUT2D eigenvalue weighted by atomic mass is 10.1. The first-order valence-electron chi connectivity index (χ1n) is 7.74. The van der Waals surface area contributed by atoms with Crippen molar-refractivity contribution in [1.29, 1.82) is 0 Å². The Labute approximate surface area is 129 Å². The second-order valence-electron chi connectivity index (χ2n) is 5.81. The van der Waals surface area contributed by atoms with Crippen molar-refractivity contribution in [3.8, 4) is 5.69 Å². The maximum absolute atomic E-state index is 4.92. The van der Waals surface area contributed by atoms with E-state index in [0.29, 0.717) is 0 Å². The minimum Gasteiger partial charge on any atom is -0.320 e. The van der Waals surface area contributed by atoms with Crippen LogP contribution in [0.4, 0.5) is 0 Å². The number of benzene rings is 1. The topological polar surface area (TPSA) is 22.2 Å². The van der Waals surface area contributed by atoms with Crippen molar-refractivity contribution in [2.24, 2.45) is 0 Å². The summed E-state index contributed by atoms with van der Waals surface area (Å²) < 4.78 is 4.48. The third-order valence-corrected chi connectivity index (χ3v) is 4.36. The molecule has 0 atom stereocenters. The maximum atomic E-state index is 4.92. The molecular formula is C19H19N3. The van der Waals surface area contributed by atoms with E-state index in [9.17, 15) is 0 Å². The Morgan fingerprint density at radius 3 is 2.45 bits per heavy atom. The lowest BCUT2D eigenvalue weighted by molar-refractivity contribution is 0.894. The molecule has 0 unspecified atom stereocenters. The molecule has 0 fully saturated rings. The van der Waals surface area contributed by atoms with Gasteiger partial charge < -0.3 is 4.40 Å². The molecule has 0 aliphatic heterocycles. The van der Waals surface area contributed by atoms with E-state index in [1.54, 1.807) is 0 Å². The van der Waals surface area contributed by atoms with Crippen LogP contribution in [0.5, 0.6) is 0 Å². The average molecular weight is 289 g/mol. The largest absolute Gasteiger partial charge is 0.320 e. The summed E-state index contributed by atoms with van der Waals surface area (Å²) in [6.45, 7) is 6.51. The van der Waals surface area contributed by atoms with Gasteiger partial charge in [-0.3, -0.25) is 4.57 Å². The Hall–Kier alpha value is -2.55. The second-order valence-corrected chi connectivity index (χ2v) is 5.81. The van der Waals surface area contributed by atoms with Crippen molar-refractivity contribution in [2.45, 2.75) is 27.2 Å². The highest BCUT2D eigenvalue weighted by atomic mass is 15.1. The molecule has 0 N–H and O–H groups in total. The van der Waals surface area contributed by atoms with Gasteiger partial charge in [-0.05, 0) is 37.1 Å². The minimum absolute atomic E-state index is 0.918. The highest BCUT2D eigenvalue weighted by Gasteiger charge is 2.17. The normalized spacial score (nSPS) is 11.6. The van der Waals surface area contributed by atoms with Crippen LogP contribution in [0.15, 0.2) is 48.8 Å². The smallest absolute Gasteiger partial charge is 0.115 e. The van der Waals surface area contributed by atoms with Crippen molar-refractivity contribution in [3.63, 3.8) is 0 Å². The van der Waals surface area contributed by atoms with Gasteiger partial charge in [-0.1, -0.05) is 31.2 Å². The van der Waals surface area contributed by atoms with E-state index in [1.165, 1.54) is 22.3 Å². The molecule has 3 nitrogen and oxygen atoms in total. The molecule has 0 aliphatic rings. The third kappa shape index (κ3) is 1.72. The van der Waals surface area contributed by atoms with Gasteiger partial charge in [-0.2, -0.15) is 0 Å². The summed E-state index contributed by atoms with van der Waals surface area (Å²) in [5.41, 5.74) is 7.25. The van der Waals surface area contributed by atoms with Crippen LogP contribution in [0, 0.1) is 13.8 Å². The van der Waals surface area contributed by atoms with Crippen molar-refractivity contribution in [3.05, 3.63) is 65.7 Å². The molecule has 0 amide bonds. The fourth-order valence-electron chi connectivity index (χ4n) is 3.33. The third-order valence-electron chi connectivity index (χ3n) is 4.36. The lowest BCUT2D eigenvalue weighted by Gasteiger charge is -2.14.